The Morgan fingerprint density at radius 2 is 1.95 bits per heavy atom. The first-order valence-electron chi connectivity index (χ1n) is 6.58. The molecular weight excluding hydrogens is 276 g/mol. The largest absolute Gasteiger partial charge is 0.489 e. The highest BCUT2D eigenvalue weighted by atomic mass is 19.1. The average molecular weight is 289 g/mol. The lowest BCUT2D eigenvalue weighted by molar-refractivity contribution is 0.298. The van der Waals surface area contributed by atoms with Gasteiger partial charge in [0.1, 0.15) is 24.0 Å². The normalized spacial score (nSPS) is 15.2. The topological polar surface area (TPSA) is 41.8 Å². The van der Waals surface area contributed by atoms with E-state index >= 15 is 0 Å². The third-order valence-corrected chi connectivity index (χ3v) is 3.54. The predicted molar refractivity (Wildman–Crippen MR) is 73.8 cm³/mol. The van der Waals surface area contributed by atoms with Gasteiger partial charge in [-0.2, -0.15) is 0 Å². The van der Waals surface area contributed by atoms with Crippen molar-refractivity contribution in [1.29, 1.82) is 0 Å². The van der Waals surface area contributed by atoms with Crippen LogP contribution in [-0.4, -0.2) is 10.9 Å². The molecule has 3 rings (SSSR count). The van der Waals surface area contributed by atoms with Crippen molar-refractivity contribution >= 4 is 5.71 Å². The molecular formula is C16H13F2NO2. The monoisotopic (exact) mass is 289 g/mol. The smallest absolute Gasteiger partial charge is 0.130 e. The Morgan fingerprint density at radius 3 is 2.76 bits per heavy atom. The Kier molecular flexibility index (Phi) is 3.56. The van der Waals surface area contributed by atoms with E-state index in [1.807, 2.05) is 12.1 Å². The van der Waals surface area contributed by atoms with E-state index in [2.05, 4.69) is 5.16 Å². The third kappa shape index (κ3) is 2.72. The number of rotatable bonds is 3. The summed E-state index contributed by atoms with van der Waals surface area (Å²) in [5.41, 5.74) is 2.77. The molecule has 2 aromatic rings. The molecule has 0 radical (unpaired) electrons. The minimum atomic E-state index is -0.493. The summed E-state index contributed by atoms with van der Waals surface area (Å²) in [6.07, 6.45) is 1.47. The molecule has 0 unspecified atom stereocenters. The van der Waals surface area contributed by atoms with Gasteiger partial charge in [-0.3, -0.25) is 0 Å². The SMILES string of the molecule is O/N=C1/CCc2cc(OCc3cc(F)ccc3F)ccc21. The van der Waals surface area contributed by atoms with Gasteiger partial charge in [-0.25, -0.2) is 8.78 Å². The molecule has 0 saturated heterocycles. The number of oxime groups is 1. The fraction of sp³-hybridized carbons (Fsp3) is 0.188. The second-order valence-corrected chi connectivity index (χ2v) is 4.89. The number of hydrogen-bond donors (Lipinski definition) is 1. The van der Waals surface area contributed by atoms with Crippen molar-refractivity contribution in [2.75, 3.05) is 0 Å². The van der Waals surface area contributed by atoms with Crippen LogP contribution in [0, 0.1) is 11.6 Å². The van der Waals surface area contributed by atoms with Crippen molar-refractivity contribution in [3.05, 3.63) is 64.7 Å². The van der Waals surface area contributed by atoms with E-state index in [0.717, 1.165) is 35.7 Å². The number of halogens is 2. The van der Waals surface area contributed by atoms with Crippen LogP contribution in [0.4, 0.5) is 8.78 Å². The van der Waals surface area contributed by atoms with E-state index in [0.29, 0.717) is 17.9 Å². The number of nitrogens with zero attached hydrogens (tertiary/aromatic N) is 1. The quantitative estimate of drug-likeness (QED) is 0.692. The van der Waals surface area contributed by atoms with Gasteiger partial charge >= 0.3 is 0 Å². The number of benzene rings is 2. The Labute approximate surface area is 120 Å². The lowest BCUT2D eigenvalue weighted by Crippen LogP contribution is -2.00. The van der Waals surface area contributed by atoms with Gasteiger partial charge in [0.05, 0.1) is 5.71 Å². The number of hydrogen-bond acceptors (Lipinski definition) is 3. The fourth-order valence-corrected chi connectivity index (χ4v) is 2.45. The van der Waals surface area contributed by atoms with E-state index in [1.165, 1.54) is 0 Å². The molecule has 2 aromatic carbocycles. The molecule has 21 heavy (non-hydrogen) atoms. The first-order valence-corrected chi connectivity index (χ1v) is 6.58. The summed E-state index contributed by atoms with van der Waals surface area (Å²) in [5, 5.41) is 12.1. The molecule has 5 heteroatoms. The van der Waals surface area contributed by atoms with E-state index < -0.39 is 11.6 Å². The average Bonchev–Trinajstić information content (AvgIpc) is 2.90. The van der Waals surface area contributed by atoms with Crippen LogP contribution in [-0.2, 0) is 13.0 Å². The molecule has 108 valence electrons. The zero-order valence-corrected chi connectivity index (χ0v) is 11.1. The Hall–Kier alpha value is -2.43. The predicted octanol–water partition coefficient (Wildman–Crippen LogP) is 3.67. The van der Waals surface area contributed by atoms with E-state index in [-0.39, 0.29) is 12.2 Å². The second-order valence-electron chi connectivity index (χ2n) is 4.89. The maximum atomic E-state index is 13.5. The summed E-state index contributed by atoms with van der Waals surface area (Å²) < 4.78 is 32.1. The summed E-state index contributed by atoms with van der Waals surface area (Å²) in [6.45, 7) is -0.0384. The molecule has 1 aliphatic rings. The lowest BCUT2D eigenvalue weighted by Gasteiger charge is -2.09. The highest BCUT2D eigenvalue weighted by Crippen LogP contribution is 2.27. The minimum absolute atomic E-state index is 0.0384. The maximum Gasteiger partial charge on any atom is 0.130 e. The van der Waals surface area contributed by atoms with Crippen LogP contribution < -0.4 is 4.74 Å². The summed E-state index contributed by atoms with van der Waals surface area (Å²) in [4.78, 5) is 0. The number of fused-ring (bicyclic) bond motifs is 1. The maximum absolute atomic E-state index is 13.5. The molecule has 0 spiro atoms. The highest BCUT2D eigenvalue weighted by molar-refractivity contribution is 6.04. The van der Waals surface area contributed by atoms with Gasteiger partial charge in [0.2, 0.25) is 0 Å². The van der Waals surface area contributed by atoms with Crippen molar-refractivity contribution in [2.24, 2.45) is 5.16 Å². The molecule has 0 saturated carbocycles. The number of aryl methyl sites for hydroxylation is 1. The van der Waals surface area contributed by atoms with Crippen LogP contribution in [0.5, 0.6) is 5.75 Å². The summed E-state index contributed by atoms with van der Waals surface area (Å²) in [7, 11) is 0. The highest BCUT2D eigenvalue weighted by Gasteiger charge is 2.18. The molecule has 0 bridgehead atoms. The third-order valence-electron chi connectivity index (χ3n) is 3.54. The Bertz CT molecular complexity index is 713. The molecule has 1 N–H and O–H groups in total. The van der Waals surface area contributed by atoms with Crippen molar-refractivity contribution in [2.45, 2.75) is 19.4 Å². The zero-order chi connectivity index (χ0) is 14.8. The van der Waals surface area contributed by atoms with Crippen LogP contribution in [0.25, 0.3) is 0 Å². The Morgan fingerprint density at radius 1 is 1.10 bits per heavy atom. The van der Waals surface area contributed by atoms with Crippen LogP contribution in [0.3, 0.4) is 0 Å². The van der Waals surface area contributed by atoms with Crippen molar-refractivity contribution in [1.82, 2.24) is 0 Å². The number of ether oxygens (including phenoxy) is 1. The van der Waals surface area contributed by atoms with Crippen LogP contribution >= 0.6 is 0 Å². The van der Waals surface area contributed by atoms with Crippen molar-refractivity contribution in [3.63, 3.8) is 0 Å². The minimum Gasteiger partial charge on any atom is -0.489 e. The zero-order valence-electron chi connectivity index (χ0n) is 11.1. The molecule has 3 nitrogen and oxygen atoms in total. The van der Waals surface area contributed by atoms with Gasteiger partial charge in [0.15, 0.2) is 0 Å². The molecule has 1 aliphatic carbocycles. The Balaban J connectivity index is 1.76. The summed E-state index contributed by atoms with van der Waals surface area (Å²) in [6, 6.07) is 8.66. The van der Waals surface area contributed by atoms with Crippen molar-refractivity contribution in [3.8, 4) is 5.75 Å². The van der Waals surface area contributed by atoms with Gasteiger partial charge in [-0.1, -0.05) is 5.16 Å². The van der Waals surface area contributed by atoms with Crippen LogP contribution in [0.2, 0.25) is 0 Å². The molecule has 0 aliphatic heterocycles. The van der Waals surface area contributed by atoms with E-state index in [4.69, 9.17) is 9.94 Å². The van der Waals surface area contributed by atoms with E-state index in [9.17, 15) is 8.78 Å². The molecule has 0 aromatic heterocycles. The fourth-order valence-electron chi connectivity index (χ4n) is 2.45. The summed E-state index contributed by atoms with van der Waals surface area (Å²) >= 11 is 0. The van der Waals surface area contributed by atoms with Gasteiger partial charge < -0.3 is 9.94 Å². The standard InChI is InChI=1S/C16H13F2NO2/c17-12-2-5-15(18)11(7-12)9-21-13-3-4-14-10(8-13)1-6-16(14)19-20/h2-5,7-8,20H,1,6,9H2/b19-16-. The van der Waals surface area contributed by atoms with Gasteiger partial charge in [-0.15, -0.1) is 0 Å². The lowest BCUT2D eigenvalue weighted by atomic mass is 10.1. The first-order chi connectivity index (χ1) is 10.2. The second kappa shape index (κ2) is 5.52. The van der Waals surface area contributed by atoms with Gasteiger partial charge in [0.25, 0.3) is 0 Å². The molecule has 0 heterocycles. The summed E-state index contributed by atoms with van der Waals surface area (Å²) in [5.74, 6) is -0.406. The van der Waals surface area contributed by atoms with Crippen LogP contribution in [0.1, 0.15) is 23.1 Å². The molecule has 0 atom stereocenters. The molecule has 0 amide bonds. The van der Waals surface area contributed by atoms with Crippen LogP contribution in [0.15, 0.2) is 41.6 Å². The first kappa shape index (κ1) is 13.5. The van der Waals surface area contributed by atoms with E-state index in [1.54, 1.807) is 6.07 Å². The van der Waals surface area contributed by atoms with Crippen molar-refractivity contribution < 1.29 is 18.7 Å². The molecule has 0 fully saturated rings. The van der Waals surface area contributed by atoms with Gasteiger partial charge in [0, 0.05) is 11.1 Å². The van der Waals surface area contributed by atoms with Gasteiger partial charge in [-0.05, 0) is 54.8 Å².